The van der Waals surface area contributed by atoms with Gasteiger partial charge in [0, 0.05) is 25.4 Å². The summed E-state index contributed by atoms with van der Waals surface area (Å²) in [6, 6.07) is 0. The molecule has 3 heteroatoms. The van der Waals surface area contributed by atoms with Crippen molar-refractivity contribution in [2.75, 3.05) is 7.11 Å². The topological polar surface area (TPSA) is 35.5 Å². The number of carbonyl (C=O) groups excluding carboxylic acids is 1. The quantitative estimate of drug-likeness (QED) is 0.283. The molecule has 0 heterocycles. The summed E-state index contributed by atoms with van der Waals surface area (Å²) in [6.45, 7) is 21.7. The largest absolute Gasteiger partial charge is 0.462 e. The van der Waals surface area contributed by atoms with E-state index in [1.165, 1.54) is 56.9 Å². The highest BCUT2D eigenvalue weighted by Gasteiger charge is 2.71. The van der Waals surface area contributed by atoms with Crippen LogP contribution in [0.4, 0.5) is 0 Å². The fourth-order valence-corrected chi connectivity index (χ4v) is 12.0. The van der Waals surface area contributed by atoms with E-state index >= 15 is 0 Å². The first-order valence-corrected chi connectivity index (χ1v) is 15.0. The van der Waals surface area contributed by atoms with Gasteiger partial charge in [-0.2, -0.15) is 0 Å². The Morgan fingerprint density at radius 1 is 0.861 bits per heavy atom. The lowest BCUT2D eigenvalue weighted by atomic mass is 9.31. The number of rotatable bonds is 2. The van der Waals surface area contributed by atoms with Crippen molar-refractivity contribution in [3.05, 3.63) is 11.6 Å². The molecule has 0 spiro atoms. The van der Waals surface area contributed by atoms with Crippen LogP contribution in [0.3, 0.4) is 0 Å². The van der Waals surface area contributed by atoms with Crippen molar-refractivity contribution in [1.82, 2.24) is 0 Å². The summed E-state index contributed by atoms with van der Waals surface area (Å²) in [4.78, 5) is 11.9. The molecule has 204 valence electrons. The van der Waals surface area contributed by atoms with Gasteiger partial charge in [0.1, 0.15) is 6.10 Å². The molecule has 0 unspecified atom stereocenters. The van der Waals surface area contributed by atoms with Crippen molar-refractivity contribution >= 4 is 5.97 Å². The summed E-state index contributed by atoms with van der Waals surface area (Å²) in [6.07, 6.45) is 13.9. The van der Waals surface area contributed by atoms with Crippen LogP contribution in [0.1, 0.15) is 120 Å². The lowest BCUT2D eigenvalue weighted by molar-refractivity contribution is -0.264. The minimum atomic E-state index is -0.159. The first kappa shape index (κ1) is 26.8. The van der Waals surface area contributed by atoms with Gasteiger partial charge in [-0.15, -0.1) is 0 Å². The predicted octanol–water partition coefficient (Wildman–Crippen LogP) is 8.36. The zero-order valence-electron chi connectivity index (χ0n) is 25.1. The molecular formula is C33H54O3. The Morgan fingerprint density at radius 2 is 1.56 bits per heavy atom. The van der Waals surface area contributed by atoms with Gasteiger partial charge in [0.25, 0.3) is 0 Å². The van der Waals surface area contributed by atoms with Crippen molar-refractivity contribution in [3.8, 4) is 0 Å². The summed E-state index contributed by atoms with van der Waals surface area (Å²) >= 11 is 0. The van der Waals surface area contributed by atoms with E-state index in [1.54, 1.807) is 6.92 Å². The fourth-order valence-electron chi connectivity index (χ4n) is 12.0. The fraction of sp³-hybridized carbons (Fsp3) is 0.909. The molecule has 0 aromatic carbocycles. The minimum Gasteiger partial charge on any atom is -0.462 e. The van der Waals surface area contributed by atoms with Crippen LogP contribution in [0, 0.1) is 50.7 Å². The molecule has 0 aromatic heterocycles. The van der Waals surface area contributed by atoms with Crippen LogP contribution in [0.15, 0.2) is 11.6 Å². The van der Waals surface area contributed by atoms with E-state index in [9.17, 15) is 4.79 Å². The van der Waals surface area contributed by atoms with Crippen LogP contribution in [-0.2, 0) is 14.3 Å². The zero-order chi connectivity index (χ0) is 26.5. The van der Waals surface area contributed by atoms with Gasteiger partial charge in [0.2, 0.25) is 0 Å². The number of esters is 1. The smallest absolute Gasteiger partial charge is 0.302 e. The summed E-state index contributed by atoms with van der Waals surface area (Å²) in [5, 5.41) is 0. The van der Waals surface area contributed by atoms with Gasteiger partial charge < -0.3 is 9.47 Å². The highest BCUT2D eigenvalue weighted by atomic mass is 16.5. The van der Waals surface area contributed by atoms with E-state index in [0.717, 1.165) is 12.3 Å². The minimum absolute atomic E-state index is 0.0305. The average Bonchev–Trinajstić information content (AvgIpc) is 2.79. The molecule has 5 aliphatic carbocycles. The number of allylic oxidation sites excluding steroid dienone is 1. The molecule has 10 atom stereocenters. The Bertz CT molecular complexity index is 951. The normalized spacial score (nSPS) is 53.7. The molecule has 0 N–H and O–H groups in total. The standard InChI is InChI=1S/C33H54O3/c1-21-13-16-29(5)19-20-31(7)23(27(29)33(21,9)35-10)11-12-25-30(6)17-15-26(36-22(2)34)28(3,4)24(30)14-18-32(25,31)8/h13,23-27H,11-12,14-20H2,1-10H3/t23-,24+,25-,26+,27+,29-,30+,31-,32-,33-/m1/s1. The molecule has 0 radical (unpaired) electrons. The maximum atomic E-state index is 11.9. The Morgan fingerprint density at radius 3 is 2.19 bits per heavy atom. The average molecular weight is 499 g/mol. The first-order valence-electron chi connectivity index (χ1n) is 15.0. The van der Waals surface area contributed by atoms with Crippen molar-refractivity contribution in [1.29, 1.82) is 0 Å². The molecule has 0 amide bonds. The van der Waals surface area contributed by atoms with E-state index in [2.05, 4.69) is 61.5 Å². The van der Waals surface area contributed by atoms with E-state index in [4.69, 9.17) is 9.47 Å². The molecule has 0 aromatic rings. The monoisotopic (exact) mass is 498 g/mol. The van der Waals surface area contributed by atoms with Crippen molar-refractivity contribution in [2.24, 2.45) is 50.7 Å². The second kappa shape index (κ2) is 8.09. The van der Waals surface area contributed by atoms with E-state index in [0.29, 0.717) is 39.4 Å². The molecule has 0 saturated heterocycles. The van der Waals surface area contributed by atoms with Gasteiger partial charge in [0.05, 0.1) is 5.60 Å². The summed E-state index contributed by atoms with van der Waals surface area (Å²) < 4.78 is 12.4. The van der Waals surface area contributed by atoms with Crippen LogP contribution in [0.2, 0.25) is 0 Å². The second-order valence-corrected chi connectivity index (χ2v) is 15.7. The van der Waals surface area contributed by atoms with Crippen LogP contribution in [-0.4, -0.2) is 24.8 Å². The number of carbonyl (C=O) groups is 1. The number of hydrogen-bond acceptors (Lipinski definition) is 3. The zero-order valence-corrected chi connectivity index (χ0v) is 25.1. The first-order chi connectivity index (χ1) is 16.6. The van der Waals surface area contributed by atoms with Crippen molar-refractivity contribution < 1.29 is 14.3 Å². The Hall–Kier alpha value is -0.830. The van der Waals surface area contributed by atoms with E-state index < -0.39 is 0 Å². The number of hydrogen-bond donors (Lipinski definition) is 0. The number of ether oxygens (including phenoxy) is 2. The third-order valence-electron chi connectivity index (χ3n) is 14.2. The SMILES string of the molecule is CO[C@]1(C)C(C)=CC[C@]2(C)CC[C@]3(C)[C@H](CC[C@@H]4[C@@]5(C)CC[C@H](OC(C)=O)C(C)(C)[C@@H]5CC[C@]43C)[C@@H]21. The molecule has 0 bridgehead atoms. The lowest BCUT2D eigenvalue weighted by Gasteiger charge is -2.74. The Balaban J connectivity index is 1.53. The molecule has 5 aliphatic rings. The molecule has 0 aliphatic heterocycles. The van der Waals surface area contributed by atoms with Gasteiger partial charge in [0.15, 0.2) is 0 Å². The van der Waals surface area contributed by atoms with Crippen molar-refractivity contribution in [3.63, 3.8) is 0 Å². The third kappa shape index (κ3) is 3.23. The highest BCUT2D eigenvalue weighted by Crippen LogP contribution is 2.77. The van der Waals surface area contributed by atoms with Crippen molar-refractivity contribution in [2.45, 2.75) is 132 Å². The van der Waals surface area contributed by atoms with Crippen LogP contribution in [0.25, 0.3) is 0 Å². The van der Waals surface area contributed by atoms with Gasteiger partial charge in [-0.05, 0) is 117 Å². The highest BCUT2D eigenvalue weighted by molar-refractivity contribution is 5.66. The predicted molar refractivity (Wildman–Crippen MR) is 146 cm³/mol. The summed E-state index contributed by atoms with van der Waals surface area (Å²) in [7, 11) is 1.96. The van der Waals surface area contributed by atoms with E-state index in [1.807, 2.05) is 7.11 Å². The van der Waals surface area contributed by atoms with Crippen LogP contribution >= 0.6 is 0 Å². The third-order valence-corrected chi connectivity index (χ3v) is 14.2. The van der Waals surface area contributed by atoms with Gasteiger partial charge in [-0.3, -0.25) is 4.79 Å². The van der Waals surface area contributed by atoms with Gasteiger partial charge in [-0.25, -0.2) is 0 Å². The maximum absolute atomic E-state index is 11.9. The molecular weight excluding hydrogens is 444 g/mol. The second-order valence-electron chi connectivity index (χ2n) is 15.7. The lowest BCUT2D eigenvalue weighted by Crippen LogP contribution is -2.69. The summed E-state index contributed by atoms with van der Waals surface area (Å²) in [5.74, 6) is 2.52. The van der Waals surface area contributed by atoms with Crippen LogP contribution < -0.4 is 0 Å². The molecule has 4 saturated carbocycles. The molecule has 36 heavy (non-hydrogen) atoms. The maximum Gasteiger partial charge on any atom is 0.302 e. The van der Waals surface area contributed by atoms with E-state index in [-0.39, 0.29) is 23.1 Å². The molecule has 4 fully saturated rings. The molecule has 5 rings (SSSR count). The van der Waals surface area contributed by atoms with Gasteiger partial charge in [-0.1, -0.05) is 47.6 Å². The number of fused-ring (bicyclic) bond motifs is 7. The Kier molecular flexibility index (Phi) is 6.01. The van der Waals surface area contributed by atoms with Gasteiger partial charge >= 0.3 is 5.97 Å². The molecule has 3 nitrogen and oxygen atoms in total. The Labute approximate surface area is 221 Å². The number of methoxy groups -OCH3 is 1. The van der Waals surface area contributed by atoms with Crippen LogP contribution in [0.5, 0.6) is 0 Å². The summed E-state index contributed by atoms with van der Waals surface area (Å²) in [5.41, 5.74) is 2.65.